The lowest BCUT2D eigenvalue weighted by molar-refractivity contribution is -0.0883. The summed E-state index contributed by atoms with van der Waals surface area (Å²) in [7, 11) is 0. The predicted octanol–water partition coefficient (Wildman–Crippen LogP) is 3.18. The van der Waals surface area contributed by atoms with Gasteiger partial charge >= 0.3 is 6.03 Å². The van der Waals surface area contributed by atoms with Crippen LogP contribution in [0, 0.1) is 0 Å². The first-order valence-electron chi connectivity index (χ1n) is 6.66. The standard InChI is InChI=1S/C14H15BrN2O2/c1-14-7-11(16-13(18)17(14)8-5-6-8)9-3-2-4-10(15)12(9)19-14/h2-4,8,11H,5-7H2,1H3,(H,16,18). The van der Waals surface area contributed by atoms with E-state index in [1.807, 2.05) is 30.0 Å². The molecule has 2 unspecified atom stereocenters. The molecule has 0 aromatic heterocycles. The maximum atomic E-state index is 12.3. The number of hydrogen-bond acceptors (Lipinski definition) is 2. The topological polar surface area (TPSA) is 41.6 Å². The Hall–Kier alpha value is -1.23. The van der Waals surface area contributed by atoms with Crippen LogP contribution in [0.2, 0.25) is 0 Å². The molecule has 19 heavy (non-hydrogen) atoms. The number of para-hydroxylation sites is 1. The molecule has 1 N–H and O–H groups in total. The number of ether oxygens (including phenoxy) is 1. The molecule has 0 radical (unpaired) electrons. The molecule has 100 valence electrons. The minimum absolute atomic E-state index is 0.00637. The number of fused-ring (bicyclic) bond motifs is 4. The van der Waals surface area contributed by atoms with Gasteiger partial charge in [0.15, 0.2) is 5.72 Å². The maximum absolute atomic E-state index is 12.3. The lowest BCUT2D eigenvalue weighted by Crippen LogP contribution is -2.65. The summed E-state index contributed by atoms with van der Waals surface area (Å²) in [6.45, 7) is 2.03. The van der Waals surface area contributed by atoms with E-state index in [0.29, 0.717) is 6.04 Å². The molecule has 4 nitrogen and oxygen atoms in total. The van der Waals surface area contributed by atoms with Gasteiger partial charge in [-0.25, -0.2) is 4.79 Å². The molecule has 1 aromatic carbocycles. The fraction of sp³-hybridized carbons (Fsp3) is 0.500. The van der Waals surface area contributed by atoms with E-state index in [2.05, 4.69) is 21.2 Å². The van der Waals surface area contributed by atoms with Gasteiger partial charge in [0, 0.05) is 18.0 Å². The number of halogens is 1. The van der Waals surface area contributed by atoms with Crippen LogP contribution < -0.4 is 10.1 Å². The largest absolute Gasteiger partial charge is 0.466 e. The zero-order chi connectivity index (χ0) is 13.2. The van der Waals surface area contributed by atoms with E-state index >= 15 is 0 Å². The second-order valence-electron chi connectivity index (χ2n) is 5.74. The van der Waals surface area contributed by atoms with Gasteiger partial charge in [0.2, 0.25) is 0 Å². The average molecular weight is 323 g/mol. The second kappa shape index (κ2) is 3.66. The van der Waals surface area contributed by atoms with Crippen LogP contribution in [0.3, 0.4) is 0 Å². The highest BCUT2D eigenvalue weighted by Gasteiger charge is 2.53. The summed E-state index contributed by atoms with van der Waals surface area (Å²) in [5, 5.41) is 3.11. The van der Waals surface area contributed by atoms with Crippen LogP contribution in [0.15, 0.2) is 22.7 Å². The minimum Gasteiger partial charge on any atom is -0.466 e. The van der Waals surface area contributed by atoms with E-state index in [9.17, 15) is 4.79 Å². The fourth-order valence-electron chi connectivity index (χ4n) is 3.25. The van der Waals surface area contributed by atoms with Crippen molar-refractivity contribution in [1.29, 1.82) is 0 Å². The van der Waals surface area contributed by atoms with Gasteiger partial charge < -0.3 is 10.1 Å². The average Bonchev–Trinajstić information content (AvgIpc) is 3.14. The molecule has 2 bridgehead atoms. The number of nitrogens with zero attached hydrogens (tertiary/aromatic N) is 1. The Balaban J connectivity index is 1.83. The van der Waals surface area contributed by atoms with Crippen molar-refractivity contribution in [3.05, 3.63) is 28.2 Å². The smallest absolute Gasteiger partial charge is 0.321 e. The number of hydrogen-bond donors (Lipinski definition) is 1. The summed E-state index contributed by atoms with van der Waals surface area (Å²) in [6, 6.07) is 6.38. The summed E-state index contributed by atoms with van der Waals surface area (Å²) in [6.07, 6.45) is 2.97. The Morgan fingerprint density at radius 2 is 2.26 bits per heavy atom. The molecule has 1 aliphatic carbocycles. The minimum atomic E-state index is -0.523. The van der Waals surface area contributed by atoms with Crippen molar-refractivity contribution in [3.8, 4) is 5.75 Å². The van der Waals surface area contributed by atoms with E-state index in [4.69, 9.17) is 4.74 Å². The van der Waals surface area contributed by atoms with Crippen molar-refractivity contribution >= 4 is 22.0 Å². The molecule has 1 saturated heterocycles. The van der Waals surface area contributed by atoms with Gasteiger partial charge in [0.05, 0.1) is 10.5 Å². The molecule has 3 aliphatic rings. The van der Waals surface area contributed by atoms with E-state index in [1.54, 1.807) is 0 Å². The number of amides is 2. The van der Waals surface area contributed by atoms with Crippen molar-refractivity contribution in [3.63, 3.8) is 0 Å². The lowest BCUT2D eigenvalue weighted by atomic mass is 9.90. The first kappa shape index (κ1) is 11.6. The molecule has 2 amide bonds. The first-order valence-corrected chi connectivity index (χ1v) is 7.45. The Morgan fingerprint density at radius 3 is 3.00 bits per heavy atom. The SMILES string of the molecule is CC12CC(NC(=O)N1C1CC1)c1cccc(Br)c1O2. The maximum Gasteiger partial charge on any atom is 0.321 e. The molecular formula is C14H15BrN2O2. The van der Waals surface area contributed by atoms with Crippen LogP contribution in [-0.2, 0) is 0 Å². The zero-order valence-corrected chi connectivity index (χ0v) is 12.2. The Labute approximate surface area is 120 Å². The third kappa shape index (κ3) is 1.60. The molecule has 2 atom stereocenters. The highest BCUT2D eigenvalue weighted by molar-refractivity contribution is 9.10. The van der Waals surface area contributed by atoms with Gasteiger partial charge in [-0.2, -0.15) is 0 Å². The van der Waals surface area contributed by atoms with Gasteiger partial charge in [-0.15, -0.1) is 0 Å². The van der Waals surface area contributed by atoms with Crippen molar-refractivity contribution in [2.45, 2.75) is 44.0 Å². The van der Waals surface area contributed by atoms with E-state index in [-0.39, 0.29) is 12.1 Å². The van der Waals surface area contributed by atoms with E-state index in [1.165, 1.54) is 0 Å². The number of urea groups is 1. The zero-order valence-electron chi connectivity index (χ0n) is 10.6. The summed E-state index contributed by atoms with van der Waals surface area (Å²) in [5.74, 6) is 0.868. The van der Waals surface area contributed by atoms with Crippen LogP contribution in [0.25, 0.3) is 0 Å². The molecule has 2 heterocycles. The Morgan fingerprint density at radius 1 is 1.47 bits per heavy atom. The number of benzene rings is 1. The normalized spacial score (nSPS) is 32.4. The molecule has 5 heteroatoms. The number of rotatable bonds is 1. The summed E-state index contributed by atoms with van der Waals surface area (Å²) in [5.41, 5.74) is 0.543. The lowest BCUT2D eigenvalue weighted by Gasteiger charge is -2.51. The number of carbonyl (C=O) groups excluding carboxylic acids is 1. The van der Waals surface area contributed by atoms with Crippen molar-refractivity contribution < 1.29 is 9.53 Å². The monoisotopic (exact) mass is 322 g/mol. The molecule has 2 aliphatic heterocycles. The fourth-order valence-corrected chi connectivity index (χ4v) is 3.71. The number of carbonyl (C=O) groups is 1. The van der Waals surface area contributed by atoms with Gasteiger partial charge in [-0.3, -0.25) is 4.90 Å². The highest BCUT2D eigenvalue weighted by Crippen LogP contribution is 2.49. The van der Waals surface area contributed by atoms with Gasteiger partial charge in [0.1, 0.15) is 5.75 Å². The molecular weight excluding hydrogens is 308 g/mol. The third-order valence-electron chi connectivity index (χ3n) is 4.22. The van der Waals surface area contributed by atoms with Crippen LogP contribution in [-0.4, -0.2) is 22.7 Å². The third-order valence-corrected chi connectivity index (χ3v) is 4.84. The van der Waals surface area contributed by atoms with Crippen LogP contribution in [0.1, 0.15) is 37.8 Å². The molecule has 0 spiro atoms. The quantitative estimate of drug-likeness (QED) is 0.862. The predicted molar refractivity (Wildman–Crippen MR) is 73.9 cm³/mol. The highest BCUT2D eigenvalue weighted by atomic mass is 79.9. The van der Waals surface area contributed by atoms with Crippen molar-refractivity contribution in [2.75, 3.05) is 0 Å². The Kier molecular flexibility index (Phi) is 2.23. The van der Waals surface area contributed by atoms with Crippen LogP contribution >= 0.6 is 15.9 Å². The van der Waals surface area contributed by atoms with Gasteiger partial charge in [-0.1, -0.05) is 12.1 Å². The molecule has 1 aromatic rings. The van der Waals surface area contributed by atoms with Gasteiger partial charge in [0.25, 0.3) is 0 Å². The summed E-state index contributed by atoms with van der Waals surface area (Å²) >= 11 is 3.55. The van der Waals surface area contributed by atoms with Crippen LogP contribution in [0.4, 0.5) is 4.79 Å². The molecule has 2 fully saturated rings. The molecule has 1 saturated carbocycles. The Bertz CT molecular complexity index is 573. The second-order valence-corrected chi connectivity index (χ2v) is 6.60. The van der Waals surface area contributed by atoms with E-state index in [0.717, 1.165) is 35.0 Å². The number of nitrogens with one attached hydrogen (secondary N) is 1. The van der Waals surface area contributed by atoms with Crippen LogP contribution in [0.5, 0.6) is 5.75 Å². The van der Waals surface area contributed by atoms with Crippen molar-refractivity contribution in [2.24, 2.45) is 0 Å². The van der Waals surface area contributed by atoms with Crippen molar-refractivity contribution in [1.82, 2.24) is 10.2 Å². The van der Waals surface area contributed by atoms with E-state index < -0.39 is 5.72 Å². The molecule has 4 rings (SSSR count). The van der Waals surface area contributed by atoms with Gasteiger partial charge in [-0.05, 0) is 41.8 Å². The summed E-state index contributed by atoms with van der Waals surface area (Å²) in [4.78, 5) is 14.2. The first-order chi connectivity index (χ1) is 9.08. The summed E-state index contributed by atoms with van der Waals surface area (Å²) < 4.78 is 7.18.